The zero-order valence-corrected chi connectivity index (χ0v) is 18.0. The third-order valence-corrected chi connectivity index (χ3v) is 5.68. The fraction of sp³-hybridized carbons (Fsp3) is 0.211. The van der Waals surface area contributed by atoms with E-state index in [4.69, 9.17) is 9.47 Å². The van der Waals surface area contributed by atoms with Gasteiger partial charge in [-0.3, -0.25) is 4.79 Å². The topological polar surface area (TPSA) is 78.3 Å². The predicted molar refractivity (Wildman–Crippen MR) is 113 cm³/mol. The van der Waals surface area contributed by atoms with E-state index in [-0.39, 0.29) is 11.7 Å². The molecule has 0 atom stereocenters. The van der Waals surface area contributed by atoms with Gasteiger partial charge in [0, 0.05) is 23.2 Å². The van der Waals surface area contributed by atoms with Crippen LogP contribution in [-0.4, -0.2) is 40.6 Å². The van der Waals surface area contributed by atoms with Gasteiger partial charge in [0.2, 0.25) is 5.91 Å². The van der Waals surface area contributed by atoms with E-state index < -0.39 is 0 Å². The average molecular weight is 463 g/mol. The van der Waals surface area contributed by atoms with Crippen LogP contribution in [0, 0.1) is 0 Å². The van der Waals surface area contributed by atoms with Crippen LogP contribution in [0.15, 0.2) is 52.1 Å². The molecule has 0 saturated carbocycles. The first kappa shape index (κ1) is 20.2. The van der Waals surface area contributed by atoms with Crippen molar-refractivity contribution < 1.29 is 14.3 Å². The van der Waals surface area contributed by atoms with Gasteiger partial charge >= 0.3 is 0 Å². The number of hydrogen-bond donors (Lipinski definition) is 1. The summed E-state index contributed by atoms with van der Waals surface area (Å²) in [5, 5.41) is 12.0. The summed E-state index contributed by atoms with van der Waals surface area (Å²) in [5.74, 6) is 1.94. The van der Waals surface area contributed by atoms with E-state index in [0.717, 1.165) is 15.9 Å². The van der Waals surface area contributed by atoms with Gasteiger partial charge in [-0.05, 0) is 18.2 Å². The van der Waals surface area contributed by atoms with Crippen LogP contribution in [0.2, 0.25) is 0 Å². The highest BCUT2D eigenvalue weighted by Gasteiger charge is 2.15. The second kappa shape index (κ2) is 9.11. The Hall–Kier alpha value is -2.52. The smallest absolute Gasteiger partial charge is 0.234 e. The van der Waals surface area contributed by atoms with Gasteiger partial charge in [0.05, 0.1) is 25.7 Å². The van der Waals surface area contributed by atoms with Crippen molar-refractivity contribution in [3.63, 3.8) is 0 Å². The van der Waals surface area contributed by atoms with E-state index in [1.807, 2.05) is 35.9 Å². The molecule has 1 amide bonds. The molecule has 0 radical (unpaired) electrons. The number of nitrogens with one attached hydrogen (secondary N) is 1. The summed E-state index contributed by atoms with van der Waals surface area (Å²) < 4.78 is 13.3. The molecule has 1 N–H and O–H groups in total. The predicted octanol–water partition coefficient (Wildman–Crippen LogP) is 3.99. The minimum atomic E-state index is -0.168. The maximum Gasteiger partial charge on any atom is 0.234 e. The van der Waals surface area contributed by atoms with E-state index >= 15 is 0 Å². The van der Waals surface area contributed by atoms with Gasteiger partial charge in [-0.25, -0.2) is 0 Å². The Bertz CT molecular complexity index is 993. The lowest BCUT2D eigenvalue weighted by molar-refractivity contribution is -0.113. The second-order valence-electron chi connectivity index (χ2n) is 5.75. The van der Waals surface area contributed by atoms with Gasteiger partial charge in [-0.2, -0.15) is 0 Å². The molecule has 1 aromatic heterocycles. The second-order valence-corrected chi connectivity index (χ2v) is 7.54. The summed E-state index contributed by atoms with van der Waals surface area (Å²) >= 11 is 4.84. The van der Waals surface area contributed by atoms with Crippen LogP contribution in [0.1, 0.15) is 0 Å². The Balaban J connectivity index is 1.67. The number of carbonyl (C=O) groups excluding carboxylic acids is 1. The lowest BCUT2D eigenvalue weighted by Gasteiger charge is -2.11. The zero-order valence-electron chi connectivity index (χ0n) is 15.6. The molecule has 146 valence electrons. The lowest BCUT2D eigenvalue weighted by Crippen LogP contribution is -2.15. The molecule has 9 heteroatoms. The number of ether oxygens (including phenoxy) is 2. The number of halogens is 1. The molecule has 28 heavy (non-hydrogen) atoms. The average Bonchev–Trinajstić information content (AvgIpc) is 3.07. The van der Waals surface area contributed by atoms with Gasteiger partial charge in [0.15, 0.2) is 11.0 Å². The standard InChI is InChI=1S/C19H19BrN4O3S/c1-24-18(13-6-4-5-7-14(13)20)22-23-19(24)28-11-17(25)21-15-9-8-12(26-2)10-16(15)27-3/h4-10H,11H2,1-3H3,(H,21,25). The van der Waals surface area contributed by atoms with Crippen molar-refractivity contribution in [3.05, 3.63) is 46.9 Å². The maximum atomic E-state index is 12.4. The highest BCUT2D eigenvalue weighted by Crippen LogP contribution is 2.30. The number of hydrogen-bond acceptors (Lipinski definition) is 6. The fourth-order valence-corrected chi connectivity index (χ4v) is 3.71. The molecule has 3 rings (SSSR count). The molecule has 0 bridgehead atoms. The monoisotopic (exact) mass is 462 g/mol. The van der Waals surface area contributed by atoms with Crippen LogP contribution in [0.4, 0.5) is 5.69 Å². The van der Waals surface area contributed by atoms with Crippen LogP contribution < -0.4 is 14.8 Å². The van der Waals surface area contributed by atoms with Crippen LogP contribution in [0.25, 0.3) is 11.4 Å². The van der Waals surface area contributed by atoms with Crippen LogP contribution in [-0.2, 0) is 11.8 Å². The van der Waals surface area contributed by atoms with Crippen molar-refractivity contribution in [2.75, 3.05) is 25.3 Å². The third-order valence-electron chi connectivity index (χ3n) is 3.96. The van der Waals surface area contributed by atoms with Crippen LogP contribution in [0.3, 0.4) is 0 Å². The first-order valence-electron chi connectivity index (χ1n) is 8.32. The quantitative estimate of drug-likeness (QED) is 0.534. The van der Waals surface area contributed by atoms with Crippen molar-refractivity contribution in [2.45, 2.75) is 5.16 Å². The van der Waals surface area contributed by atoms with E-state index in [2.05, 4.69) is 31.4 Å². The molecule has 1 heterocycles. The van der Waals surface area contributed by atoms with Crippen molar-refractivity contribution >= 4 is 39.3 Å². The van der Waals surface area contributed by atoms with Crippen LogP contribution >= 0.6 is 27.7 Å². The maximum absolute atomic E-state index is 12.4. The van der Waals surface area contributed by atoms with Crippen molar-refractivity contribution in [3.8, 4) is 22.9 Å². The summed E-state index contributed by atoms with van der Waals surface area (Å²) in [6.45, 7) is 0. The van der Waals surface area contributed by atoms with Gasteiger partial charge in [-0.15, -0.1) is 10.2 Å². The van der Waals surface area contributed by atoms with Gasteiger partial charge in [0.25, 0.3) is 0 Å². The highest BCUT2D eigenvalue weighted by atomic mass is 79.9. The van der Waals surface area contributed by atoms with E-state index in [1.54, 1.807) is 32.4 Å². The van der Waals surface area contributed by atoms with Gasteiger partial charge in [0.1, 0.15) is 11.5 Å². The molecule has 0 unspecified atom stereocenters. The lowest BCUT2D eigenvalue weighted by atomic mass is 10.2. The number of aromatic nitrogens is 3. The minimum absolute atomic E-state index is 0.168. The molecule has 0 saturated heterocycles. The fourth-order valence-electron chi connectivity index (χ4n) is 2.54. The summed E-state index contributed by atoms with van der Waals surface area (Å²) in [7, 11) is 5.00. The van der Waals surface area contributed by atoms with E-state index in [0.29, 0.717) is 22.3 Å². The van der Waals surface area contributed by atoms with Crippen LogP contribution in [0.5, 0.6) is 11.5 Å². The molecule has 0 aliphatic carbocycles. The van der Waals surface area contributed by atoms with Gasteiger partial charge < -0.3 is 19.4 Å². The largest absolute Gasteiger partial charge is 0.497 e. The number of rotatable bonds is 7. The molecule has 0 aliphatic rings. The summed E-state index contributed by atoms with van der Waals surface area (Å²) in [5.41, 5.74) is 1.53. The van der Waals surface area contributed by atoms with E-state index in [1.165, 1.54) is 11.8 Å². The third kappa shape index (κ3) is 4.48. The summed E-state index contributed by atoms with van der Waals surface area (Å²) in [4.78, 5) is 12.4. The normalized spacial score (nSPS) is 10.6. The van der Waals surface area contributed by atoms with E-state index in [9.17, 15) is 4.79 Å². The summed E-state index contributed by atoms with van der Waals surface area (Å²) in [6, 6.07) is 13.0. The van der Waals surface area contributed by atoms with Crippen molar-refractivity contribution in [1.82, 2.24) is 14.8 Å². The zero-order chi connectivity index (χ0) is 20.1. The summed E-state index contributed by atoms with van der Waals surface area (Å²) in [6.07, 6.45) is 0. The molecule has 0 aliphatic heterocycles. The molecule has 0 fully saturated rings. The Morgan fingerprint density at radius 3 is 2.68 bits per heavy atom. The highest BCUT2D eigenvalue weighted by molar-refractivity contribution is 9.10. The molecular weight excluding hydrogens is 444 g/mol. The number of thioether (sulfide) groups is 1. The SMILES string of the molecule is COc1ccc(NC(=O)CSc2nnc(-c3ccccc3Br)n2C)c(OC)c1. The molecule has 0 spiro atoms. The molecule has 2 aromatic carbocycles. The molecule has 7 nitrogen and oxygen atoms in total. The first-order chi connectivity index (χ1) is 13.5. The van der Waals surface area contributed by atoms with Crippen molar-refractivity contribution in [1.29, 1.82) is 0 Å². The Morgan fingerprint density at radius 2 is 1.96 bits per heavy atom. The number of amides is 1. The van der Waals surface area contributed by atoms with Crippen molar-refractivity contribution in [2.24, 2.45) is 7.05 Å². The minimum Gasteiger partial charge on any atom is -0.497 e. The Labute approximate surface area is 175 Å². The first-order valence-corrected chi connectivity index (χ1v) is 10.1. The Kier molecular flexibility index (Phi) is 6.58. The van der Waals surface area contributed by atoms with Gasteiger partial charge in [-0.1, -0.05) is 45.9 Å². The number of nitrogens with zero attached hydrogens (tertiary/aromatic N) is 3. The number of carbonyl (C=O) groups is 1. The molecule has 3 aromatic rings. The number of methoxy groups -OCH3 is 2. The Morgan fingerprint density at radius 1 is 1.18 bits per heavy atom. The number of benzene rings is 2. The molecular formula is C19H19BrN4O3S. The number of anilines is 1.